The second-order valence-corrected chi connectivity index (χ2v) is 5.61. The van der Waals surface area contributed by atoms with Crippen LogP contribution in [0.4, 0.5) is 0 Å². The third kappa shape index (κ3) is 6.64. The summed E-state index contributed by atoms with van der Waals surface area (Å²) >= 11 is 0. The van der Waals surface area contributed by atoms with Crippen molar-refractivity contribution in [2.75, 3.05) is 19.7 Å². The van der Waals surface area contributed by atoms with Crippen molar-refractivity contribution in [3.8, 4) is 0 Å². The van der Waals surface area contributed by atoms with Crippen LogP contribution < -0.4 is 5.73 Å². The predicted octanol–water partition coefficient (Wildman–Crippen LogP) is 1.82. The average molecular weight is 243 g/mol. The Morgan fingerprint density at radius 1 is 1.29 bits per heavy atom. The van der Waals surface area contributed by atoms with E-state index >= 15 is 0 Å². The number of rotatable bonds is 9. The van der Waals surface area contributed by atoms with Crippen molar-refractivity contribution in [2.24, 2.45) is 11.1 Å². The lowest BCUT2D eigenvalue weighted by Crippen LogP contribution is -2.35. The van der Waals surface area contributed by atoms with Gasteiger partial charge in [0.1, 0.15) is 0 Å². The first-order valence-electron chi connectivity index (χ1n) is 6.50. The van der Waals surface area contributed by atoms with E-state index in [1.807, 2.05) is 13.8 Å². The number of aliphatic hydroxyl groups is 1. The van der Waals surface area contributed by atoms with Gasteiger partial charge in [-0.1, -0.05) is 13.8 Å². The molecule has 0 aliphatic heterocycles. The van der Waals surface area contributed by atoms with Crippen LogP contribution in [-0.4, -0.2) is 41.6 Å². The molecule has 0 aromatic carbocycles. The van der Waals surface area contributed by atoms with E-state index in [9.17, 15) is 0 Å². The Morgan fingerprint density at radius 2 is 1.82 bits per heavy atom. The molecule has 4 N–H and O–H groups in total. The number of nitrogens with one attached hydrogen (secondary N) is 1. The molecule has 0 bridgehead atoms. The first kappa shape index (κ1) is 16.4. The topological polar surface area (TPSA) is 73.3 Å². The van der Waals surface area contributed by atoms with E-state index < -0.39 is 0 Å². The number of hydrogen-bond donors (Lipinski definition) is 3. The van der Waals surface area contributed by atoms with Gasteiger partial charge in [0, 0.05) is 24.6 Å². The van der Waals surface area contributed by atoms with Crippen molar-refractivity contribution >= 4 is 5.84 Å². The Hall–Kier alpha value is -0.610. The van der Waals surface area contributed by atoms with Gasteiger partial charge in [-0.25, -0.2) is 0 Å². The van der Waals surface area contributed by atoms with E-state index in [-0.39, 0.29) is 17.9 Å². The number of nitrogens with zero attached hydrogens (tertiary/aromatic N) is 1. The van der Waals surface area contributed by atoms with Crippen LogP contribution in [0.25, 0.3) is 0 Å². The van der Waals surface area contributed by atoms with Crippen molar-refractivity contribution < 1.29 is 5.11 Å². The first-order valence-corrected chi connectivity index (χ1v) is 6.50. The molecule has 0 amide bonds. The molecule has 0 heterocycles. The maximum atomic E-state index is 8.85. The normalized spacial score (nSPS) is 12.4. The van der Waals surface area contributed by atoms with Crippen LogP contribution in [0.15, 0.2) is 0 Å². The molecule has 0 saturated heterocycles. The summed E-state index contributed by atoms with van der Waals surface area (Å²) in [7, 11) is 0. The average Bonchev–Trinajstić information content (AvgIpc) is 2.22. The molecule has 0 fully saturated rings. The zero-order chi connectivity index (χ0) is 13.5. The lowest BCUT2D eigenvalue weighted by Gasteiger charge is -2.28. The molecule has 0 spiro atoms. The van der Waals surface area contributed by atoms with Crippen LogP contribution in [0, 0.1) is 10.8 Å². The first-order chi connectivity index (χ1) is 7.81. The maximum Gasteiger partial charge on any atom is 0.0963 e. The fourth-order valence-electron chi connectivity index (χ4n) is 1.76. The summed E-state index contributed by atoms with van der Waals surface area (Å²) in [6, 6.07) is 0.502. The SMILES string of the molecule is CC(C)N(CCCO)CCCC(C)(C)C(=N)N. The molecule has 0 saturated carbocycles. The van der Waals surface area contributed by atoms with Crippen molar-refractivity contribution in [3.05, 3.63) is 0 Å². The smallest absolute Gasteiger partial charge is 0.0963 e. The third-order valence-corrected chi connectivity index (χ3v) is 3.31. The molecule has 17 heavy (non-hydrogen) atoms. The molecule has 0 aromatic heterocycles. The summed E-state index contributed by atoms with van der Waals surface area (Å²) in [6.07, 6.45) is 2.80. The molecule has 102 valence electrons. The number of amidine groups is 1. The maximum absolute atomic E-state index is 8.85. The van der Waals surface area contributed by atoms with Gasteiger partial charge in [0.05, 0.1) is 5.84 Å². The van der Waals surface area contributed by atoms with Crippen molar-refractivity contribution in [2.45, 2.75) is 53.0 Å². The fourth-order valence-corrected chi connectivity index (χ4v) is 1.76. The van der Waals surface area contributed by atoms with Gasteiger partial charge in [-0.15, -0.1) is 0 Å². The van der Waals surface area contributed by atoms with E-state index in [2.05, 4.69) is 18.7 Å². The van der Waals surface area contributed by atoms with Gasteiger partial charge in [-0.05, 0) is 39.7 Å². The zero-order valence-electron chi connectivity index (χ0n) is 11.8. The summed E-state index contributed by atoms with van der Waals surface area (Å²) in [5, 5.41) is 16.4. The highest BCUT2D eigenvalue weighted by Gasteiger charge is 2.21. The second kappa shape index (κ2) is 7.67. The molecule has 0 rings (SSSR count). The molecule has 0 radical (unpaired) electrons. The number of nitrogens with two attached hydrogens (primary N) is 1. The Balaban J connectivity index is 4.01. The summed E-state index contributed by atoms with van der Waals surface area (Å²) in [5.74, 6) is 0.268. The summed E-state index contributed by atoms with van der Waals surface area (Å²) in [6.45, 7) is 10.6. The lowest BCUT2D eigenvalue weighted by molar-refractivity contribution is 0.185. The molecule has 0 aliphatic carbocycles. The van der Waals surface area contributed by atoms with Gasteiger partial charge in [0.2, 0.25) is 0 Å². The summed E-state index contributed by atoms with van der Waals surface area (Å²) in [4.78, 5) is 2.37. The van der Waals surface area contributed by atoms with E-state index in [4.69, 9.17) is 16.2 Å². The lowest BCUT2D eigenvalue weighted by atomic mass is 9.86. The molecule has 0 aromatic rings. The van der Waals surface area contributed by atoms with Crippen LogP contribution in [0.3, 0.4) is 0 Å². The van der Waals surface area contributed by atoms with Crippen molar-refractivity contribution in [3.63, 3.8) is 0 Å². The highest BCUT2D eigenvalue weighted by Crippen LogP contribution is 2.22. The number of hydrogen-bond acceptors (Lipinski definition) is 3. The van der Waals surface area contributed by atoms with Crippen LogP contribution in [0.2, 0.25) is 0 Å². The van der Waals surface area contributed by atoms with Crippen LogP contribution in [0.1, 0.15) is 47.0 Å². The van der Waals surface area contributed by atoms with Gasteiger partial charge < -0.3 is 15.7 Å². The monoisotopic (exact) mass is 243 g/mol. The van der Waals surface area contributed by atoms with Crippen LogP contribution >= 0.6 is 0 Å². The zero-order valence-corrected chi connectivity index (χ0v) is 11.8. The van der Waals surface area contributed by atoms with E-state index in [0.29, 0.717) is 6.04 Å². The standard InChI is InChI=1S/C13H29N3O/c1-11(2)16(9-6-10-17)8-5-7-13(3,4)12(14)15/h11,17H,5-10H2,1-4H3,(H3,14,15). The molecule has 0 unspecified atom stereocenters. The quantitative estimate of drug-likeness (QED) is 0.427. The molecular formula is C13H29N3O. The van der Waals surface area contributed by atoms with Crippen molar-refractivity contribution in [1.29, 1.82) is 5.41 Å². The van der Waals surface area contributed by atoms with Gasteiger partial charge in [0.25, 0.3) is 0 Å². The molecule has 0 aliphatic rings. The highest BCUT2D eigenvalue weighted by atomic mass is 16.3. The minimum absolute atomic E-state index is 0.195. The van der Waals surface area contributed by atoms with Gasteiger partial charge in [0.15, 0.2) is 0 Å². The van der Waals surface area contributed by atoms with Crippen LogP contribution in [-0.2, 0) is 0 Å². The van der Waals surface area contributed by atoms with Gasteiger partial charge >= 0.3 is 0 Å². The Kier molecular flexibility index (Phi) is 7.39. The molecule has 4 nitrogen and oxygen atoms in total. The minimum atomic E-state index is -0.195. The Morgan fingerprint density at radius 3 is 2.24 bits per heavy atom. The van der Waals surface area contributed by atoms with Crippen LogP contribution in [0.5, 0.6) is 0 Å². The molecule has 0 atom stereocenters. The Labute approximate surface area is 106 Å². The van der Waals surface area contributed by atoms with Gasteiger partial charge in [-0.3, -0.25) is 5.41 Å². The predicted molar refractivity (Wildman–Crippen MR) is 73.3 cm³/mol. The largest absolute Gasteiger partial charge is 0.396 e. The van der Waals surface area contributed by atoms with Gasteiger partial charge in [-0.2, -0.15) is 0 Å². The van der Waals surface area contributed by atoms with Crippen molar-refractivity contribution in [1.82, 2.24) is 4.90 Å². The third-order valence-electron chi connectivity index (χ3n) is 3.31. The second-order valence-electron chi connectivity index (χ2n) is 5.61. The minimum Gasteiger partial charge on any atom is -0.396 e. The van der Waals surface area contributed by atoms with E-state index in [1.165, 1.54) is 0 Å². The highest BCUT2D eigenvalue weighted by molar-refractivity contribution is 5.82. The van der Waals surface area contributed by atoms with E-state index in [1.54, 1.807) is 0 Å². The Bertz CT molecular complexity index is 227. The summed E-state index contributed by atoms with van der Waals surface area (Å²) in [5.41, 5.74) is 5.37. The molecular weight excluding hydrogens is 214 g/mol. The summed E-state index contributed by atoms with van der Waals surface area (Å²) < 4.78 is 0. The fraction of sp³-hybridized carbons (Fsp3) is 0.923. The molecule has 4 heteroatoms. The number of aliphatic hydroxyl groups excluding tert-OH is 1. The van der Waals surface area contributed by atoms with E-state index in [0.717, 1.165) is 32.4 Å².